The van der Waals surface area contributed by atoms with Crippen molar-refractivity contribution in [2.24, 2.45) is 0 Å². The first-order valence-corrected chi connectivity index (χ1v) is 5.66. The Kier molecular flexibility index (Phi) is 3.94. The average molecular weight is 164 g/mol. The van der Waals surface area contributed by atoms with Crippen molar-refractivity contribution in [2.45, 2.75) is 38.4 Å². The molecule has 0 amide bonds. The van der Waals surface area contributed by atoms with Gasteiger partial charge in [-0.1, -0.05) is 20.3 Å². The summed E-state index contributed by atoms with van der Waals surface area (Å²) >= 11 is 0. The van der Waals surface area contributed by atoms with E-state index in [1.165, 1.54) is 6.26 Å². The number of hydrogen-bond donors (Lipinski definition) is 0. The molecule has 0 saturated heterocycles. The van der Waals surface area contributed by atoms with E-state index in [9.17, 15) is 8.42 Å². The lowest BCUT2D eigenvalue weighted by molar-refractivity contribution is 0.570. The zero-order valence-corrected chi connectivity index (χ0v) is 7.74. The minimum absolute atomic E-state index is 0.113. The molecule has 0 N–H and O–H groups in total. The van der Waals surface area contributed by atoms with Crippen LogP contribution in [0, 0.1) is 0 Å². The van der Waals surface area contributed by atoms with Crippen molar-refractivity contribution in [1.82, 2.24) is 0 Å². The van der Waals surface area contributed by atoms with Gasteiger partial charge in [-0.05, 0) is 12.8 Å². The molecule has 0 fully saturated rings. The molecular formula is C7H16O2S. The lowest BCUT2D eigenvalue weighted by Crippen LogP contribution is -2.18. The van der Waals surface area contributed by atoms with Gasteiger partial charge in [0, 0.05) is 6.26 Å². The van der Waals surface area contributed by atoms with Crippen molar-refractivity contribution in [3.63, 3.8) is 0 Å². The molecule has 3 heteroatoms. The first-order chi connectivity index (χ1) is 4.52. The van der Waals surface area contributed by atoms with Crippen molar-refractivity contribution in [1.29, 1.82) is 0 Å². The highest BCUT2D eigenvalue weighted by Crippen LogP contribution is 2.10. The Hall–Kier alpha value is -0.0500. The van der Waals surface area contributed by atoms with Gasteiger partial charge in [0.05, 0.1) is 5.25 Å². The first kappa shape index (κ1) is 9.95. The summed E-state index contributed by atoms with van der Waals surface area (Å²) in [6, 6.07) is 0. The van der Waals surface area contributed by atoms with Crippen LogP contribution >= 0.6 is 0 Å². The van der Waals surface area contributed by atoms with E-state index in [-0.39, 0.29) is 5.25 Å². The molecule has 0 aromatic carbocycles. The molecule has 1 unspecified atom stereocenters. The maximum atomic E-state index is 11.0. The third-order valence-electron chi connectivity index (χ3n) is 1.67. The van der Waals surface area contributed by atoms with Crippen LogP contribution in [0.1, 0.15) is 33.1 Å². The van der Waals surface area contributed by atoms with Crippen LogP contribution in [0.5, 0.6) is 0 Å². The van der Waals surface area contributed by atoms with Crippen molar-refractivity contribution < 1.29 is 8.42 Å². The summed E-state index contributed by atoms with van der Waals surface area (Å²) in [5, 5.41) is -0.113. The van der Waals surface area contributed by atoms with Crippen LogP contribution in [0.3, 0.4) is 0 Å². The molecule has 10 heavy (non-hydrogen) atoms. The Labute approximate surface area is 63.6 Å². The van der Waals surface area contributed by atoms with Crippen LogP contribution in [-0.4, -0.2) is 19.9 Å². The minimum atomic E-state index is -2.78. The lowest BCUT2D eigenvalue weighted by atomic mass is 10.2. The van der Waals surface area contributed by atoms with Gasteiger partial charge in [0.15, 0.2) is 0 Å². The topological polar surface area (TPSA) is 34.1 Å². The summed E-state index contributed by atoms with van der Waals surface area (Å²) in [6.07, 6.45) is 3.81. The smallest absolute Gasteiger partial charge is 0.150 e. The van der Waals surface area contributed by atoms with Crippen molar-refractivity contribution in [3.8, 4) is 0 Å². The van der Waals surface area contributed by atoms with Gasteiger partial charge < -0.3 is 0 Å². The fraction of sp³-hybridized carbons (Fsp3) is 1.00. The summed E-state index contributed by atoms with van der Waals surface area (Å²) in [5.74, 6) is 0. The highest BCUT2D eigenvalue weighted by molar-refractivity contribution is 7.91. The van der Waals surface area contributed by atoms with E-state index in [4.69, 9.17) is 0 Å². The second kappa shape index (κ2) is 3.96. The van der Waals surface area contributed by atoms with Gasteiger partial charge >= 0.3 is 0 Å². The number of sulfone groups is 1. The van der Waals surface area contributed by atoms with Crippen molar-refractivity contribution >= 4 is 9.84 Å². The second-order valence-electron chi connectivity index (χ2n) is 2.65. The summed E-state index contributed by atoms with van der Waals surface area (Å²) in [6.45, 7) is 3.93. The summed E-state index contributed by atoms with van der Waals surface area (Å²) in [7, 11) is -2.78. The van der Waals surface area contributed by atoms with Gasteiger partial charge in [0.25, 0.3) is 0 Å². The molecule has 0 saturated carbocycles. The molecular weight excluding hydrogens is 148 g/mol. The van der Waals surface area contributed by atoms with Gasteiger partial charge in [0.1, 0.15) is 9.84 Å². The molecule has 0 aliphatic carbocycles. The summed E-state index contributed by atoms with van der Waals surface area (Å²) in [4.78, 5) is 0. The molecule has 0 bridgehead atoms. The quantitative estimate of drug-likeness (QED) is 0.632. The average Bonchev–Trinajstić information content (AvgIpc) is 1.80. The molecule has 0 aliphatic rings. The van der Waals surface area contributed by atoms with Gasteiger partial charge in [-0.15, -0.1) is 0 Å². The molecule has 0 rings (SSSR count). The van der Waals surface area contributed by atoms with E-state index >= 15 is 0 Å². The predicted octanol–water partition coefficient (Wildman–Crippen LogP) is 1.61. The van der Waals surface area contributed by atoms with Crippen LogP contribution in [0.15, 0.2) is 0 Å². The third kappa shape index (κ3) is 3.20. The summed E-state index contributed by atoms with van der Waals surface area (Å²) in [5.41, 5.74) is 0. The number of rotatable bonds is 4. The largest absolute Gasteiger partial charge is 0.229 e. The highest BCUT2D eigenvalue weighted by atomic mass is 32.2. The standard InChI is InChI=1S/C7H16O2S/c1-4-6-7(5-2)10(3,8)9/h7H,4-6H2,1-3H3. The monoisotopic (exact) mass is 164 g/mol. The molecule has 62 valence electrons. The second-order valence-corrected chi connectivity index (χ2v) is 4.97. The van der Waals surface area contributed by atoms with Gasteiger partial charge in [-0.25, -0.2) is 8.42 Å². The van der Waals surface area contributed by atoms with Gasteiger partial charge in [0.2, 0.25) is 0 Å². The van der Waals surface area contributed by atoms with E-state index in [0.717, 1.165) is 19.3 Å². The van der Waals surface area contributed by atoms with Crippen LogP contribution in [0.4, 0.5) is 0 Å². The maximum Gasteiger partial charge on any atom is 0.150 e. The van der Waals surface area contributed by atoms with E-state index in [2.05, 4.69) is 0 Å². The summed E-state index contributed by atoms with van der Waals surface area (Å²) < 4.78 is 21.9. The zero-order valence-electron chi connectivity index (χ0n) is 6.92. The molecule has 0 radical (unpaired) electrons. The molecule has 0 aromatic rings. The maximum absolute atomic E-state index is 11.0. The van der Waals surface area contributed by atoms with Crippen LogP contribution in [0.2, 0.25) is 0 Å². The van der Waals surface area contributed by atoms with E-state index < -0.39 is 9.84 Å². The first-order valence-electron chi connectivity index (χ1n) is 3.71. The predicted molar refractivity (Wildman–Crippen MR) is 43.8 cm³/mol. The molecule has 0 heterocycles. The van der Waals surface area contributed by atoms with Gasteiger partial charge in [-0.3, -0.25) is 0 Å². The van der Waals surface area contributed by atoms with Crippen LogP contribution in [0.25, 0.3) is 0 Å². The fourth-order valence-corrected chi connectivity index (χ4v) is 2.31. The normalized spacial score (nSPS) is 15.1. The molecule has 0 aliphatic heterocycles. The Balaban J connectivity index is 4.08. The van der Waals surface area contributed by atoms with Crippen LogP contribution in [-0.2, 0) is 9.84 Å². The van der Waals surface area contributed by atoms with Crippen LogP contribution < -0.4 is 0 Å². The SMILES string of the molecule is CCCC(CC)S(C)(=O)=O. The Morgan fingerprint density at radius 1 is 1.30 bits per heavy atom. The van der Waals surface area contributed by atoms with Crippen molar-refractivity contribution in [3.05, 3.63) is 0 Å². The van der Waals surface area contributed by atoms with E-state index in [1.54, 1.807) is 0 Å². The fourth-order valence-electron chi connectivity index (χ4n) is 1.04. The Bertz CT molecular complexity index is 170. The van der Waals surface area contributed by atoms with E-state index in [1.807, 2.05) is 13.8 Å². The van der Waals surface area contributed by atoms with Gasteiger partial charge in [-0.2, -0.15) is 0 Å². The Morgan fingerprint density at radius 2 is 1.80 bits per heavy atom. The lowest BCUT2D eigenvalue weighted by Gasteiger charge is -2.09. The number of hydrogen-bond acceptors (Lipinski definition) is 2. The molecule has 0 spiro atoms. The highest BCUT2D eigenvalue weighted by Gasteiger charge is 2.16. The van der Waals surface area contributed by atoms with E-state index in [0.29, 0.717) is 0 Å². The molecule has 0 aromatic heterocycles. The minimum Gasteiger partial charge on any atom is -0.229 e. The molecule has 2 nitrogen and oxygen atoms in total. The third-order valence-corrected chi connectivity index (χ3v) is 3.45. The Morgan fingerprint density at radius 3 is 1.90 bits per heavy atom. The zero-order chi connectivity index (χ0) is 8.20. The molecule has 1 atom stereocenters. The van der Waals surface area contributed by atoms with Crippen molar-refractivity contribution in [2.75, 3.05) is 6.26 Å².